The van der Waals surface area contributed by atoms with Gasteiger partial charge >= 0.3 is 0 Å². The van der Waals surface area contributed by atoms with Gasteiger partial charge in [0, 0.05) is 13.0 Å². The van der Waals surface area contributed by atoms with Gasteiger partial charge in [0.2, 0.25) is 5.91 Å². The highest BCUT2D eigenvalue weighted by atomic mass is 16.3. The van der Waals surface area contributed by atoms with Crippen molar-refractivity contribution in [3.05, 3.63) is 0 Å². The van der Waals surface area contributed by atoms with Gasteiger partial charge < -0.3 is 20.8 Å². The second-order valence-corrected chi connectivity index (χ2v) is 4.49. The van der Waals surface area contributed by atoms with E-state index in [4.69, 9.17) is 5.11 Å². The lowest BCUT2D eigenvalue weighted by Gasteiger charge is -2.21. The van der Waals surface area contributed by atoms with Crippen LogP contribution >= 0.6 is 0 Å². The van der Waals surface area contributed by atoms with Crippen molar-refractivity contribution in [1.29, 1.82) is 0 Å². The Labute approximate surface area is 89.9 Å². The van der Waals surface area contributed by atoms with Crippen molar-refractivity contribution in [1.82, 2.24) is 10.6 Å². The second-order valence-electron chi connectivity index (χ2n) is 4.49. The van der Waals surface area contributed by atoms with Crippen molar-refractivity contribution < 1.29 is 15.0 Å². The fourth-order valence-electron chi connectivity index (χ4n) is 1.57. The summed E-state index contributed by atoms with van der Waals surface area (Å²) in [4.78, 5) is 11.4. The average Bonchev–Trinajstić information content (AvgIpc) is 2.68. The number of carbonyl (C=O) groups is 1. The molecule has 0 spiro atoms. The Kier molecular flexibility index (Phi) is 4.50. The zero-order chi connectivity index (χ0) is 11.3. The van der Waals surface area contributed by atoms with E-state index in [2.05, 4.69) is 10.6 Å². The number of nitrogens with one attached hydrogen (secondary N) is 2. The number of hydrogen-bond acceptors (Lipinski definition) is 4. The third-order valence-corrected chi connectivity index (χ3v) is 2.64. The van der Waals surface area contributed by atoms with Gasteiger partial charge in [0.15, 0.2) is 0 Å². The van der Waals surface area contributed by atoms with Gasteiger partial charge in [-0.25, -0.2) is 0 Å². The van der Waals surface area contributed by atoms with Crippen LogP contribution < -0.4 is 10.6 Å². The lowest BCUT2D eigenvalue weighted by atomic mass is 10.0. The molecule has 2 unspecified atom stereocenters. The zero-order valence-corrected chi connectivity index (χ0v) is 9.12. The number of aliphatic hydroxyl groups is 2. The van der Waals surface area contributed by atoms with Crippen LogP contribution in [0.5, 0.6) is 0 Å². The molecule has 5 heteroatoms. The summed E-state index contributed by atoms with van der Waals surface area (Å²) >= 11 is 0. The molecule has 1 aliphatic heterocycles. The molecule has 1 saturated heterocycles. The van der Waals surface area contributed by atoms with E-state index >= 15 is 0 Å². The highest BCUT2D eigenvalue weighted by molar-refractivity contribution is 5.76. The monoisotopic (exact) mass is 216 g/mol. The second kappa shape index (κ2) is 5.44. The van der Waals surface area contributed by atoms with E-state index in [1.807, 2.05) is 0 Å². The molecule has 1 rings (SSSR count). The van der Waals surface area contributed by atoms with Crippen LogP contribution in [0.4, 0.5) is 0 Å². The summed E-state index contributed by atoms with van der Waals surface area (Å²) in [7, 11) is 0. The fraction of sp³-hybridized carbons (Fsp3) is 0.900. The minimum absolute atomic E-state index is 0.0579. The van der Waals surface area contributed by atoms with Crippen molar-refractivity contribution in [3.63, 3.8) is 0 Å². The average molecular weight is 216 g/mol. The Hall–Kier alpha value is -0.650. The third kappa shape index (κ3) is 4.59. The van der Waals surface area contributed by atoms with Crippen molar-refractivity contribution in [2.24, 2.45) is 5.92 Å². The largest absolute Gasteiger partial charge is 0.393 e. The Morgan fingerprint density at radius 1 is 1.67 bits per heavy atom. The highest BCUT2D eigenvalue weighted by Gasteiger charge is 2.22. The number of rotatable bonds is 5. The lowest BCUT2D eigenvalue weighted by Crippen LogP contribution is -2.43. The first-order chi connectivity index (χ1) is 7.03. The molecular weight excluding hydrogens is 196 g/mol. The molecule has 0 bridgehead atoms. The van der Waals surface area contributed by atoms with Crippen molar-refractivity contribution >= 4 is 5.91 Å². The molecule has 0 saturated carbocycles. The standard InChI is InChI=1S/C10H20N2O3/c1-10(15,7-13)6-12-9(14)4-8-2-3-11-5-8/h8,11,13,15H,2-7H2,1H3,(H,12,14). The Morgan fingerprint density at radius 2 is 2.40 bits per heavy atom. The molecule has 1 aliphatic rings. The van der Waals surface area contributed by atoms with Crippen LogP contribution in [0.3, 0.4) is 0 Å². The molecule has 1 heterocycles. The smallest absolute Gasteiger partial charge is 0.220 e. The van der Waals surface area contributed by atoms with Gasteiger partial charge in [-0.15, -0.1) is 0 Å². The quantitative estimate of drug-likeness (QED) is 0.467. The van der Waals surface area contributed by atoms with E-state index in [-0.39, 0.29) is 19.1 Å². The van der Waals surface area contributed by atoms with Gasteiger partial charge in [-0.2, -0.15) is 0 Å². The molecular formula is C10H20N2O3. The summed E-state index contributed by atoms with van der Waals surface area (Å²) < 4.78 is 0. The zero-order valence-electron chi connectivity index (χ0n) is 9.12. The van der Waals surface area contributed by atoms with Crippen LogP contribution in [0.2, 0.25) is 0 Å². The van der Waals surface area contributed by atoms with E-state index < -0.39 is 5.60 Å². The van der Waals surface area contributed by atoms with Crippen LogP contribution in [0, 0.1) is 5.92 Å². The highest BCUT2D eigenvalue weighted by Crippen LogP contribution is 2.11. The maximum absolute atomic E-state index is 11.4. The molecule has 5 nitrogen and oxygen atoms in total. The maximum atomic E-state index is 11.4. The van der Waals surface area contributed by atoms with E-state index in [9.17, 15) is 9.90 Å². The summed E-state index contributed by atoms with van der Waals surface area (Å²) in [5, 5.41) is 24.1. The van der Waals surface area contributed by atoms with Gasteiger partial charge in [0.25, 0.3) is 0 Å². The van der Waals surface area contributed by atoms with Gasteiger partial charge in [-0.05, 0) is 32.4 Å². The molecule has 0 aromatic rings. The predicted molar refractivity (Wildman–Crippen MR) is 56.3 cm³/mol. The topological polar surface area (TPSA) is 81.6 Å². The van der Waals surface area contributed by atoms with E-state index in [0.717, 1.165) is 19.5 Å². The normalized spacial score (nSPS) is 24.9. The van der Waals surface area contributed by atoms with Crippen molar-refractivity contribution in [2.45, 2.75) is 25.4 Å². The Bertz CT molecular complexity index is 213. The lowest BCUT2D eigenvalue weighted by molar-refractivity contribution is -0.123. The van der Waals surface area contributed by atoms with Crippen LogP contribution in [0.15, 0.2) is 0 Å². The van der Waals surface area contributed by atoms with Crippen molar-refractivity contribution in [2.75, 3.05) is 26.2 Å². The number of carbonyl (C=O) groups excluding carboxylic acids is 1. The first-order valence-electron chi connectivity index (χ1n) is 5.34. The first kappa shape index (κ1) is 12.4. The summed E-state index contributed by atoms with van der Waals surface area (Å²) in [6.45, 7) is 3.11. The summed E-state index contributed by atoms with van der Waals surface area (Å²) in [5.74, 6) is 0.349. The number of aliphatic hydroxyl groups excluding tert-OH is 1. The molecule has 1 amide bonds. The van der Waals surface area contributed by atoms with E-state index in [0.29, 0.717) is 12.3 Å². The Morgan fingerprint density at radius 3 is 2.93 bits per heavy atom. The van der Waals surface area contributed by atoms with Crippen LogP contribution in [-0.2, 0) is 4.79 Å². The molecule has 15 heavy (non-hydrogen) atoms. The maximum Gasteiger partial charge on any atom is 0.220 e. The van der Waals surface area contributed by atoms with Gasteiger partial charge in [-0.3, -0.25) is 4.79 Å². The molecule has 1 fully saturated rings. The fourth-order valence-corrected chi connectivity index (χ4v) is 1.57. The minimum atomic E-state index is -1.22. The van der Waals surface area contributed by atoms with E-state index in [1.54, 1.807) is 0 Å². The first-order valence-corrected chi connectivity index (χ1v) is 5.34. The SMILES string of the molecule is CC(O)(CO)CNC(=O)CC1CCNC1. The van der Waals surface area contributed by atoms with Crippen LogP contribution in [0.25, 0.3) is 0 Å². The molecule has 0 radical (unpaired) electrons. The van der Waals surface area contributed by atoms with Crippen LogP contribution in [0.1, 0.15) is 19.8 Å². The van der Waals surface area contributed by atoms with Crippen molar-refractivity contribution in [3.8, 4) is 0 Å². The van der Waals surface area contributed by atoms with Gasteiger partial charge in [-0.1, -0.05) is 0 Å². The molecule has 88 valence electrons. The van der Waals surface area contributed by atoms with Gasteiger partial charge in [0.1, 0.15) is 5.60 Å². The summed E-state index contributed by atoms with van der Waals surface area (Å²) in [6.07, 6.45) is 1.53. The number of amides is 1. The Balaban J connectivity index is 2.18. The van der Waals surface area contributed by atoms with Crippen LogP contribution in [-0.4, -0.2) is 48.0 Å². The molecule has 0 aromatic heterocycles. The molecule has 4 N–H and O–H groups in total. The number of hydrogen-bond donors (Lipinski definition) is 4. The third-order valence-electron chi connectivity index (χ3n) is 2.64. The molecule has 0 aromatic carbocycles. The summed E-state index contributed by atoms with van der Waals surface area (Å²) in [6, 6.07) is 0. The van der Waals surface area contributed by atoms with Gasteiger partial charge in [0.05, 0.1) is 6.61 Å². The molecule has 0 aliphatic carbocycles. The predicted octanol–water partition coefficient (Wildman–Crippen LogP) is -1.15. The summed E-state index contributed by atoms with van der Waals surface area (Å²) in [5.41, 5.74) is -1.22. The minimum Gasteiger partial charge on any atom is -0.393 e. The van der Waals surface area contributed by atoms with E-state index in [1.165, 1.54) is 6.92 Å². The molecule has 2 atom stereocenters.